The molecule has 2 aromatic heterocycles. The van der Waals surface area contributed by atoms with Crippen molar-refractivity contribution in [3.63, 3.8) is 0 Å². The molecule has 10 heteroatoms. The molecule has 1 unspecified atom stereocenters. The van der Waals surface area contributed by atoms with Crippen LogP contribution in [0, 0.1) is 12.8 Å². The number of carbonyl (C=O) groups is 2. The molecule has 156 valence electrons. The normalized spacial score (nSPS) is 16.8. The number of carbonyl (C=O) groups excluding carboxylic acids is 2. The Morgan fingerprint density at radius 1 is 1.38 bits per heavy atom. The van der Waals surface area contributed by atoms with Gasteiger partial charge in [0.25, 0.3) is 11.4 Å². The SMILES string of the molecule is Cc1noc(-c2cncn(CCC(=O)N3CCCC(C(=O)NC(C)C)C3)c2=O)n1. The zero-order chi connectivity index (χ0) is 21.0. The van der Waals surface area contributed by atoms with Gasteiger partial charge in [-0.15, -0.1) is 0 Å². The molecular formula is C19H26N6O4. The van der Waals surface area contributed by atoms with E-state index < -0.39 is 0 Å². The number of hydrogen-bond acceptors (Lipinski definition) is 7. The summed E-state index contributed by atoms with van der Waals surface area (Å²) in [5.41, 5.74) is -0.145. The summed E-state index contributed by atoms with van der Waals surface area (Å²) in [6, 6.07) is 0.0721. The average Bonchev–Trinajstić information content (AvgIpc) is 3.12. The number of likely N-dealkylation sites (tertiary alicyclic amines) is 1. The molecule has 1 N–H and O–H groups in total. The van der Waals surface area contributed by atoms with E-state index in [-0.39, 0.29) is 53.8 Å². The van der Waals surface area contributed by atoms with Crippen LogP contribution in [0.4, 0.5) is 0 Å². The van der Waals surface area contributed by atoms with E-state index in [4.69, 9.17) is 4.52 Å². The van der Waals surface area contributed by atoms with Crippen LogP contribution in [0.15, 0.2) is 21.8 Å². The summed E-state index contributed by atoms with van der Waals surface area (Å²) in [4.78, 5) is 47.3. The molecule has 1 aliphatic rings. The van der Waals surface area contributed by atoms with Crippen LogP contribution in [0.25, 0.3) is 11.5 Å². The third kappa shape index (κ3) is 5.07. The molecule has 1 atom stereocenters. The summed E-state index contributed by atoms with van der Waals surface area (Å²) in [7, 11) is 0. The van der Waals surface area contributed by atoms with Gasteiger partial charge in [-0.2, -0.15) is 4.98 Å². The first-order chi connectivity index (χ1) is 13.8. The van der Waals surface area contributed by atoms with Gasteiger partial charge < -0.3 is 14.7 Å². The smallest absolute Gasteiger partial charge is 0.266 e. The summed E-state index contributed by atoms with van der Waals surface area (Å²) in [5, 5.41) is 6.59. The molecule has 0 aliphatic carbocycles. The summed E-state index contributed by atoms with van der Waals surface area (Å²) < 4.78 is 6.40. The number of amides is 2. The van der Waals surface area contributed by atoms with E-state index in [0.717, 1.165) is 12.8 Å². The Balaban J connectivity index is 1.62. The fourth-order valence-electron chi connectivity index (χ4n) is 3.36. The molecule has 0 radical (unpaired) electrons. The minimum atomic E-state index is -0.343. The number of aryl methyl sites for hydroxylation is 2. The molecule has 1 fully saturated rings. The highest BCUT2D eigenvalue weighted by Gasteiger charge is 2.28. The topological polar surface area (TPSA) is 123 Å². The highest BCUT2D eigenvalue weighted by Crippen LogP contribution is 2.18. The third-order valence-corrected chi connectivity index (χ3v) is 4.80. The van der Waals surface area contributed by atoms with Crippen LogP contribution >= 0.6 is 0 Å². The van der Waals surface area contributed by atoms with Crippen molar-refractivity contribution in [3.8, 4) is 11.5 Å². The summed E-state index contributed by atoms with van der Waals surface area (Å²) in [6.07, 6.45) is 4.47. The Morgan fingerprint density at radius 2 is 2.17 bits per heavy atom. The predicted molar refractivity (Wildman–Crippen MR) is 104 cm³/mol. The Labute approximate surface area is 168 Å². The fourth-order valence-corrected chi connectivity index (χ4v) is 3.36. The van der Waals surface area contributed by atoms with Gasteiger partial charge in [0.1, 0.15) is 5.56 Å². The van der Waals surface area contributed by atoms with Crippen molar-refractivity contribution in [2.75, 3.05) is 13.1 Å². The van der Waals surface area contributed by atoms with Gasteiger partial charge in [0.2, 0.25) is 11.8 Å². The monoisotopic (exact) mass is 402 g/mol. The number of aromatic nitrogens is 4. The zero-order valence-electron chi connectivity index (χ0n) is 16.9. The molecule has 3 rings (SSSR count). The first kappa shape index (κ1) is 20.7. The van der Waals surface area contributed by atoms with Crippen LogP contribution in [0.5, 0.6) is 0 Å². The number of piperidine rings is 1. The second kappa shape index (κ2) is 8.97. The molecule has 1 aliphatic heterocycles. The van der Waals surface area contributed by atoms with Crippen LogP contribution in [0.3, 0.4) is 0 Å². The molecule has 2 aromatic rings. The van der Waals surface area contributed by atoms with Gasteiger partial charge in [0.15, 0.2) is 5.82 Å². The fraction of sp³-hybridized carbons (Fsp3) is 0.579. The van der Waals surface area contributed by atoms with Crippen molar-refractivity contribution in [2.24, 2.45) is 5.92 Å². The maximum absolute atomic E-state index is 12.6. The second-order valence-electron chi connectivity index (χ2n) is 7.54. The standard InChI is InChI=1S/C19H26N6O4/c1-12(2)21-17(27)14-5-4-7-24(10-14)16(26)6-8-25-11-20-9-15(19(25)28)18-22-13(3)23-29-18/h9,11-12,14H,4-8,10H2,1-3H3,(H,21,27). The van der Waals surface area contributed by atoms with Crippen molar-refractivity contribution >= 4 is 11.8 Å². The lowest BCUT2D eigenvalue weighted by molar-refractivity contribution is -0.136. The Bertz CT molecular complexity index is 935. The summed E-state index contributed by atoms with van der Waals surface area (Å²) >= 11 is 0. The van der Waals surface area contributed by atoms with Crippen LogP contribution in [-0.2, 0) is 16.1 Å². The van der Waals surface area contributed by atoms with Gasteiger partial charge in [0, 0.05) is 38.3 Å². The minimum absolute atomic E-state index is 0.0135. The van der Waals surface area contributed by atoms with Gasteiger partial charge in [-0.1, -0.05) is 5.16 Å². The van der Waals surface area contributed by atoms with Gasteiger partial charge in [-0.25, -0.2) is 4.98 Å². The maximum Gasteiger partial charge on any atom is 0.266 e. The van der Waals surface area contributed by atoms with Gasteiger partial charge in [0.05, 0.1) is 12.2 Å². The van der Waals surface area contributed by atoms with E-state index in [1.165, 1.54) is 17.1 Å². The Morgan fingerprint density at radius 3 is 2.86 bits per heavy atom. The minimum Gasteiger partial charge on any atom is -0.354 e. The van der Waals surface area contributed by atoms with Crippen molar-refractivity contribution in [1.82, 2.24) is 29.9 Å². The van der Waals surface area contributed by atoms with Gasteiger partial charge >= 0.3 is 0 Å². The maximum atomic E-state index is 12.6. The molecule has 1 saturated heterocycles. The van der Waals surface area contributed by atoms with Crippen LogP contribution in [0.1, 0.15) is 38.9 Å². The van der Waals surface area contributed by atoms with Crippen molar-refractivity contribution < 1.29 is 14.1 Å². The molecule has 29 heavy (non-hydrogen) atoms. The Kier molecular flexibility index (Phi) is 6.40. The third-order valence-electron chi connectivity index (χ3n) is 4.80. The zero-order valence-corrected chi connectivity index (χ0v) is 16.9. The molecule has 0 aromatic carbocycles. The molecule has 2 amide bonds. The Hall–Kier alpha value is -3.04. The van der Waals surface area contributed by atoms with Gasteiger partial charge in [-0.05, 0) is 33.6 Å². The first-order valence-corrected chi connectivity index (χ1v) is 9.78. The largest absolute Gasteiger partial charge is 0.354 e. The van der Waals surface area contributed by atoms with Crippen molar-refractivity contribution in [2.45, 2.75) is 52.6 Å². The highest BCUT2D eigenvalue weighted by atomic mass is 16.5. The molecular weight excluding hydrogens is 376 g/mol. The first-order valence-electron chi connectivity index (χ1n) is 9.78. The van der Waals surface area contributed by atoms with E-state index in [2.05, 4.69) is 20.4 Å². The van der Waals surface area contributed by atoms with Crippen molar-refractivity contribution in [1.29, 1.82) is 0 Å². The average molecular weight is 402 g/mol. The van der Waals surface area contributed by atoms with E-state index in [9.17, 15) is 14.4 Å². The van der Waals surface area contributed by atoms with Crippen LogP contribution in [-0.4, -0.2) is 55.5 Å². The second-order valence-corrected chi connectivity index (χ2v) is 7.54. The lowest BCUT2D eigenvalue weighted by Gasteiger charge is -2.32. The van der Waals surface area contributed by atoms with Gasteiger partial charge in [-0.3, -0.25) is 19.0 Å². The van der Waals surface area contributed by atoms with Crippen LogP contribution in [0.2, 0.25) is 0 Å². The highest BCUT2D eigenvalue weighted by molar-refractivity contribution is 5.81. The molecule has 0 spiro atoms. The van der Waals surface area contributed by atoms with E-state index in [1.807, 2.05) is 13.8 Å². The van der Waals surface area contributed by atoms with E-state index >= 15 is 0 Å². The molecule has 0 bridgehead atoms. The number of nitrogens with zero attached hydrogens (tertiary/aromatic N) is 5. The predicted octanol–water partition coefficient (Wildman–Crippen LogP) is 0.755. The summed E-state index contributed by atoms with van der Waals surface area (Å²) in [5.74, 6) is 0.240. The quantitative estimate of drug-likeness (QED) is 0.756. The molecule has 0 saturated carbocycles. The van der Waals surface area contributed by atoms with Crippen LogP contribution < -0.4 is 10.9 Å². The lowest BCUT2D eigenvalue weighted by atomic mass is 9.96. The van der Waals surface area contributed by atoms with E-state index in [1.54, 1.807) is 11.8 Å². The number of rotatable bonds is 6. The van der Waals surface area contributed by atoms with Crippen molar-refractivity contribution in [3.05, 3.63) is 28.7 Å². The van der Waals surface area contributed by atoms with E-state index in [0.29, 0.717) is 18.9 Å². The number of hydrogen-bond donors (Lipinski definition) is 1. The summed E-state index contributed by atoms with van der Waals surface area (Å²) in [6.45, 7) is 6.71. The molecule has 10 nitrogen and oxygen atoms in total. The molecule has 3 heterocycles. The lowest BCUT2D eigenvalue weighted by Crippen LogP contribution is -2.46. The number of nitrogens with one attached hydrogen (secondary N) is 1.